The largest absolute Gasteiger partial charge is 0.478 e. The molecule has 3 aromatic rings. The van der Waals surface area contributed by atoms with Crippen LogP contribution in [0.1, 0.15) is 71.5 Å². The third kappa shape index (κ3) is 9.13. The third-order valence-corrected chi connectivity index (χ3v) is 7.92. The summed E-state index contributed by atoms with van der Waals surface area (Å²) in [6, 6.07) is 21.6. The van der Waals surface area contributed by atoms with Gasteiger partial charge in [-0.15, -0.1) is 11.8 Å². The van der Waals surface area contributed by atoms with Crippen molar-refractivity contribution in [2.75, 3.05) is 11.1 Å². The van der Waals surface area contributed by atoms with Gasteiger partial charge in [0.05, 0.1) is 24.4 Å². The van der Waals surface area contributed by atoms with Gasteiger partial charge in [-0.2, -0.15) is 0 Å². The maximum atomic E-state index is 12.5. The predicted molar refractivity (Wildman–Crippen MR) is 156 cm³/mol. The van der Waals surface area contributed by atoms with E-state index in [1.807, 2.05) is 42.5 Å². The van der Waals surface area contributed by atoms with Gasteiger partial charge in [-0.1, -0.05) is 36.4 Å². The zero-order valence-electron chi connectivity index (χ0n) is 22.9. The average molecular weight is 595 g/mol. The summed E-state index contributed by atoms with van der Waals surface area (Å²) in [4.78, 5) is 35.7. The number of ether oxygens (including phenoxy) is 2. The molecule has 0 bridgehead atoms. The van der Waals surface area contributed by atoms with Crippen LogP contribution < -0.4 is 10.8 Å². The first-order chi connectivity index (χ1) is 20.3. The number of nitrogens with one attached hydrogen (secondary N) is 2. The van der Waals surface area contributed by atoms with E-state index in [0.717, 1.165) is 21.6 Å². The molecular weight excluding hydrogens is 560 g/mol. The average Bonchev–Trinajstić information content (AvgIpc) is 3.02. The summed E-state index contributed by atoms with van der Waals surface area (Å²) < 4.78 is 12.8. The molecule has 0 spiro atoms. The third-order valence-electron chi connectivity index (χ3n) is 6.78. The van der Waals surface area contributed by atoms with Crippen LogP contribution in [0.25, 0.3) is 0 Å². The Bertz CT molecular complexity index is 1350. The number of amides is 2. The number of benzene rings is 3. The summed E-state index contributed by atoms with van der Waals surface area (Å²) in [5, 5.41) is 30.0. The maximum absolute atomic E-state index is 12.5. The van der Waals surface area contributed by atoms with Crippen LogP contribution in [0.4, 0.5) is 5.69 Å². The first-order valence-electron chi connectivity index (χ1n) is 13.6. The van der Waals surface area contributed by atoms with Crippen molar-refractivity contribution in [3.8, 4) is 0 Å². The molecule has 42 heavy (non-hydrogen) atoms. The van der Waals surface area contributed by atoms with Crippen LogP contribution in [0.15, 0.2) is 77.7 Å². The fourth-order valence-electron chi connectivity index (χ4n) is 4.52. The number of carbonyl (C=O) groups is 3. The highest BCUT2D eigenvalue weighted by Crippen LogP contribution is 2.40. The quantitative estimate of drug-likeness (QED) is 0.0775. The van der Waals surface area contributed by atoms with Crippen LogP contribution in [0.3, 0.4) is 0 Å². The number of hydrogen-bond acceptors (Lipinski definition) is 8. The Morgan fingerprint density at radius 3 is 2.26 bits per heavy atom. The molecule has 1 aliphatic heterocycles. The molecule has 0 aromatic heterocycles. The molecule has 0 aliphatic carbocycles. The van der Waals surface area contributed by atoms with Crippen molar-refractivity contribution >= 4 is 35.2 Å². The SMILES string of the molecule is O=C(CCCCC(=O)Nc1cccc([C@H]2O[C@@H](CSc3ccc(C(=O)O)cc3)C[C@@H](c3ccc(CO)cc3)O2)c1)NO. The number of rotatable bonds is 13. The number of aliphatic hydroxyl groups is 1. The number of aromatic carboxylic acids is 1. The van der Waals surface area contributed by atoms with E-state index in [1.165, 1.54) is 0 Å². The van der Waals surface area contributed by atoms with Crippen LogP contribution >= 0.6 is 11.8 Å². The highest BCUT2D eigenvalue weighted by molar-refractivity contribution is 7.99. The van der Waals surface area contributed by atoms with E-state index in [1.54, 1.807) is 47.6 Å². The molecule has 222 valence electrons. The number of hydrogen-bond donors (Lipinski definition) is 5. The number of carboxylic acid groups (broad SMARTS) is 1. The summed E-state index contributed by atoms with van der Waals surface area (Å²) in [5.41, 5.74) is 4.91. The first-order valence-corrected chi connectivity index (χ1v) is 14.6. The minimum Gasteiger partial charge on any atom is -0.478 e. The van der Waals surface area contributed by atoms with Gasteiger partial charge in [-0.25, -0.2) is 10.3 Å². The van der Waals surface area contributed by atoms with Gasteiger partial charge in [0, 0.05) is 41.2 Å². The molecule has 0 saturated carbocycles. The number of anilines is 1. The molecule has 1 fully saturated rings. The summed E-state index contributed by atoms with van der Waals surface area (Å²) in [5.74, 6) is -1.02. The predicted octanol–water partition coefficient (Wildman–Crippen LogP) is 5.22. The maximum Gasteiger partial charge on any atom is 0.335 e. The van der Waals surface area contributed by atoms with E-state index < -0.39 is 18.2 Å². The Kier molecular flexibility index (Phi) is 11.5. The van der Waals surface area contributed by atoms with Crippen molar-refractivity contribution in [1.82, 2.24) is 5.48 Å². The standard InChI is InChI=1S/C31H34N2O8S/c34-18-20-8-10-21(11-9-20)27-17-25(19-42-26-14-12-22(13-15-26)30(37)38)40-31(41-27)23-4-3-5-24(16-23)32-28(35)6-1-2-7-29(36)33-39/h3-5,8-16,25,27,31,34,39H,1-2,6-7,17-19H2,(H,32,35)(H,33,36)(H,37,38)/t25-,27+,31+/m1/s1. The van der Waals surface area contributed by atoms with Gasteiger partial charge >= 0.3 is 5.97 Å². The normalized spacial score (nSPS) is 18.3. The Morgan fingerprint density at radius 1 is 0.881 bits per heavy atom. The lowest BCUT2D eigenvalue weighted by molar-refractivity contribution is -0.245. The molecule has 11 heteroatoms. The second-order valence-electron chi connectivity index (χ2n) is 9.91. The molecular formula is C31H34N2O8S. The molecule has 2 amide bonds. The van der Waals surface area contributed by atoms with Crippen molar-refractivity contribution < 1.29 is 39.3 Å². The molecule has 1 aliphatic rings. The number of carboxylic acids is 1. The lowest BCUT2D eigenvalue weighted by Gasteiger charge is -2.36. The van der Waals surface area contributed by atoms with E-state index in [0.29, 0.717) is 30.7 Å². The number of unbranched alkanes of at least 4 members (excludes halogenated alkanes) is 1. The van der Waals surface area contributed by atoms with Crippen molar-refractivity contribution in [3.05, 3.63) is 95.1 Å². The molecule has 0 unspecified atom stereocenters. The van der Waals surface area contributed by atoms with Crippen molar-refractivity contribution in [1.29, 1.82) is 0 Å². The van der Waals surface area contributed by atoms with Crippen LogP contribution in [-0.4, -0.2) is 45.1 Å². The number of aliphatic hydroxyl groups excluding tert-OH is 1. The van der Waals surface area contributed by atoms with E-state index in [9.17, 15) is 19.5 Å². The zero-order valence-corrected chi connectivity index (χ0v) is 23.7. The molecule has 1 heterocycles. The second kappa shape index (κ2) is 15.5. The van der Waals surface area contributed by atoms with Gasteiger partial charge < -0.3 is 25.0 Å². The van der Waals surface area contributed by atoms with Gasteiger partial charge in [-0.3, -0.25) is 14.8 Å². The van der Waals surface area contributed by atoms with Gasteiger partial charge in [0.2, 0.25) is 11.8 Å². The molecule has 4 rings (SSSR count). The molecule has 3 atom stereocenters. The molecule has 5 N–H and O–H groups in total. The summed E-state index contributed by atoms with van der Waals surface area (Å²) in [6.45, 7) is -0.0476. The zero-order chi connectivity index (χ0) is 29.9. The van der Waals surface area contributed by atoms with Gasteiger partial charge in [0.1, 0.15) is 0 Å². The lowest BCUT2D eigenvalue weighted by Crippen LogP contribution is -2.31. The molecule has 1 saturated heterocycles. The van der Waals surface area contributed by atoms with Gasteiger partial charge in [0.25, 0.3) is 0 Å². The van der Waals surface area contributed by atoms with Crippen molar-refractivity contribution in [2.24, 2.45) is 0 Å². The minimum absolute atomic E-state index is 0.0476. The van der Waals surface area contributed by atoms with Crippen molar-refractivity contribution in [3.63, 3.8) is 0 Å². The Hall–Kier alpha value is -3.74. The highest BCUT2D eigenvalue weighted by Gasteiger charge is 2.32. The summed E-state index contributed by atoms with van der Waals surface area (Å²) >= 11 is 1.57. The topological polar surface area (TPSA) is 154 Å². The van der Waals surface area contributed by atoms with Gasteiger partial charge in [-0.05, 0) is 60.4 Å². The minimum atomic E-state index is -0.970. The molecule has 0 radical (unpaired) electrons. The molecule has 10 nitrogen and oxygen atoms in total. The smallest absolute Gasteiger partial charge is 0.335 e. The summed E-state index contributed by atoms with van der Waals surface area (Å²) in [6.07, 6.45) is 0.798. The van der Waals surface area contributed by atoms with E-state index >= 15 is 0 Å². The number of carbonyl (C=O) groups excluding carboxylic acids is 2. The van der Waals surface area contributed by atoms with Crippen LogP contribution in [0, 0.1) is 0 Å². The lowest BCUT2D eigenvalue weighted by atomic mass is 10.0. The Labute approximate surface area is 248 Å². The van der Waals surface area contributed by atoms with Gasteiger partial charge in [0.15, 0.2) is 6.29 Å². The van der Waals surface area contributed by atoms with Crippen LogP contribution in [0.2, 0.25) is 0 Å². The van der Waals surface area contributed by atoms with E-state index in [2.05, 4.69) is 5.32 Å². The Morgan fingerprint density at radius 2 is 1.60 bits per heavy atom. The summed E-state index contributed by atoms with van der Waals surface area (Å²) in [7, 11) is 0. The van der Waals surface area contributed by atoms with Crippen LogP contribution in [0.5, 0.6) is 0 Å². The first kappa shape index (κ1) is 31.2. The second-order valence-corrected chi connectivity index (χ2v) is 11.0. The molecule has 3 aromatic carbocycles. The number of hydroxylamine groups is 1. The monoisotopic (exact) mass is 594 g/mol. The number of thioether (sulfide) groups is 1. The van der Waals surface area contributed by atoms with E-state index in [-0.39, 0.29) is 43.1 Å². The fraction of sp³-hybridized carbons (Fsp3) is 0.323. The van der Waals surface area contributed by atoms with Crippen molar-refractivity contribution in [2.45, 2.75) is 62.1 Å². The highest BCUT2D eigenvalue weighted by atomic mass is 32.2. The van der Waals surface area contributed by atoms with E-state index in [4.69, 9.17) is 19.8 Å². The fourth-order valence-corrected chi connectivity index (χ4v) is 5.44. The van der Waals surface area contributed by atoms with Crippen LogP contribution in [-0.2, 0) is 25.7 Å². The Balaban J connectivity index is 1.44.